The fourth-order valence-corrected chi connectivity index (χ4v) is 3.14. The lowest BCUT2D eigenvalue weighted by Crippen LogP contribution is -2.42. The number of hydrogen-bond donors (Lipinski definition) is 0. The molecule has 2 rings (SSSR count). The van der Waals surface area contributed by atoms with E-state index < -0.39 is 5.60 Å². The number of esters is 1. The standard InChI is InChI=1S/C15H25NO4/c1-5-19-12(17)11-9-16(10-15(11)7-6-8-15)13(18)20-14(2,3)4/h11H,5-10H2,1-4H3. The fourth-order valence-electron chi connectivity index (χ4n) is 3.14. The number of rotatable bonds is 2. The summed E-state index contributed by atoms with van der Waals surface area (Å²) in [6.07, 6.45) is 2.79. The maximum absolute atomic E-state index is 12.2. The van der Waals surface area contributed by atoms with E-state index in [1.807, 2.05) is 27.7 Å². The zero-order valence-corrected chi connectivity index (χ0v) is 12.9. The van der Waals surface area contributed by atoms with E-state index in [1.165, 1.54) is 0 Å². The highest BCUT2D eigenvalue weighted by molar-refractivity contribution is 5.77. The third-order valence-corrected chi connectivity index (χ3v) is 4.22. The van der Waals surface area contributed by atoms with Gasteiger partial charge in [0.1, 0.15) is 5.60 Å². The van der Waals surface area contributed by atoms with Crippen molar-refractivity contribution in [3.05, 3.63) is 0 Å². The molecule has 0 bridgehead atoms. The van der Waals surface area contributed by atoms with Crippen molar-refractivity contribution >= 4 is 12.1 Å². The Balaban J connectivity index is 2.05. The van der Waals surface area contributed by atoms with Gasteiger partial charge < -0.3 is 14.4 Å². The van der Waals surface area contributed by atoms with Crippen LogP contribution in [0, 0.1) is 11.3 Å². The van der Waals surface area contributed by atoms with Crippen LogP contribution in [0.4, 0.5) is 4.79 Å². The molecule has 20 heavy (non-hydrogen) atoms. The zero-order valence-electron chi connectivity index (χ0n) is 12.9. The van der Waals surface area contributed by atoms with Crippen molar-refractivity contribution in [2.24, 2.45) is 11.3 Å². The van der Waals surface area contributed by atoms with E-state index in [9.17, 15) is 9.59 Å². The Kier molecular flexibility index (Phi) is 3.98. The topological polar surface area (TPSA) is 55.8 Å². The molecule has 1 heterocycles. The average molecular weight is 283 g/mol. The van der Waals surface area contributed by atoms with Gasteiger partial charge in [-0.1, -0.05) is 6.42 Å². The van der Waals surface area contributed by atoms with Gasteiger partial charge in [0.2, 0.25) is 0 Å². The van der Waals surface area contributed by atoms with Gasteiger partial charge in [-0.15, -0.1) is 0 Å². The maximum Gasteiger partial charge on any atom is 0.410 e. The lowest BCUT2D eigenvalue weighted by molar-refractivity contribution is -0.153. The number of nitrogens with zero attached hydrogens (tertiary/aromatic N) is 1. The summed E-state index contributed by atoms with van der Waals surface area (Å²) in [4.78, 5) is 25.9. The maximum atomic E-state index is 12.2. The smallest absolute Gasteiger partial charge is 0.410 e. The van der Waals surface area contributed by atoms with E-state index in [-0.39, 0.29) is 23.4 Å². The van der Waals surface area contributed by atoms with Crippen molar-refractivity contribution in [2.75, 3.05) is 19.7 Å². The van der Waals surface area contributed by atoms with Crippen LogP contribution in [0.15, 0.2) is 0 Å². The molecule has 5 nitrogen and oxygen atoms in total. The van der Waals surface area contributed by atoms with Crippen LogP contribution in [0.25, 0.3) is 0 Å². The zero-order chi connectivity index (χ0) is 15.0. The van der Waals surface area contributed by atoms with Crippen molar-refractivity contribution in [3.63, 3.8) is 0 Å². The molecule has 1 atom stereocenters. The molecule has 1 spiro atoms. The summed E-state index contributed by atoms with van der Waals surface area (Å²) < 4.78 is 10.6. The molecule has 1 amide bonds. The van der Waals surface area contributed by atoms with E-state index >= 15 is 0 Å². The van der Waals surface area contributed by atoms with E-state index in [2.05, 4.69) is 0 Å². The molecular weight excluding hydrogens is 258 g/mol. The molecule has 0 aromatic rings. The molecule has 5 heteroatoms. The van der Waals surface area contributed by atoms with Gasteiger partial charge in [0.25, 0.3) is 0 Å². The van der Waals surface area contributed by atoms with Gasteiger partial charge in [-0.25, -0.2) is 4.79 Å². The first-order valence-electron chi connectivity index (χ1n) is 7.42. The summed E-state index contributed by atoms with van der Waals surface area (Å²) in [6, 6.07) is 0. The molecule has 0 radical (unpaired) electrons. The number of carbonyl (C=O) groups excluding carboxylic acids is 2. The second kappa shape index (κ2) is 5.26. The molecule has 1 aliphatic carbocycles. The molecule has 114 valence electrons. The van der Waals surface area contributed by atoms with E-state index in [0.29, 0.717) is 19.7 Å². The number of likely N-dealkylation sites (tertiary alicyclic amines) is 1. The summed E-state index contributed by atoms with van der Waals surface area (Å²) in [5.41, 5.74) is -0.574. The third kappa shape index (κ3) is 2.91. The van der Waals surface area contributed by atoms with Crippen molar-refractivity contribution in [1.29, 1.82) is 0 Å². The van der Waals surface area contributed by atoms with Crippen LogP contribution in [0.2, 0.25) is 0 Å². The monoisotopic (exact) mass is 283 g/mol. The van der Waals surface area contributed by atoms with E-state index in [0.717, 1.165) is 19.3 Å². The van der Waals surface area contributed by atoms with E-state index in [4.69, 9.17) is 9.47 Å². The van der Waals surface area contributed by atoms with Crippen LogP contribution >= 0.6 is 0 Å². The second-order valence-electron chi connectivity index (χ2n) is 6.88. The van der Waals surface area contributed by atoms with Gasteiger partial charge in [-0.05, 0) is 40.5 Å². The molecular formula is C15H25NO4. The van der Waals surface area contributed by atoms with Gasteiger partial charge in [0.15, 0.2) is 0 Å². The number of amides is 1. The summed E-state index contributed by atoms with van der Waals surface area (Å²) in [5, 5.41) is 0. The van der Waals surface area contributed by atoms with Crippen LogP contribution in [-0.4, -0.2) is 42.3 Å². The number of ether oxygens (including phenoxy) is 2. The van der Waals surface area contributed by atoms with Crippen molar-refractivity contribution < 1.29 is 19.1 Å². The van der Waals surface area contributed by atoms with Crippen LogP contribution < -0.4 is 0 Å². The van der Waals surface area contributed by atoms with Crippen molar-refractivity contribution in [1.82, 2.24) is 4.90 Å². The summed E-state index contributed by atoms with van der Waals surface area (Å²) in [5.74, 6) is -0.359. The molecule has 1 unspecified atom stereocenters. The average Bonchev–Trinajstić information content (AvgIpc) is 2.67. The largest absolute Gasteiger partial charge is 0.466 e. The molecule has 1 aliphatic heterocycles. The Morgan fingerprint density at radius 1 is 1.30 bits per heavy atom. The second-order valence-corrected chi connectivity index (χ2v) is 6.88. The van der Waals surface area contributed by atoms with Gasteiger partial charge >= 0.3 is 12.1 Å². The molecule has 1 saturated heterocycles. The SMILES string of the molecule is CCOC(=O)C1CN(C(=O)OC(C)(C)C)CC12CCC2. The van der Waals surface area contributed by atoms with Gasteiger partial charge in [-0.3, -0.25) is 4.79 Å². The van der Waals surface area contributed by atoms with Gasteiger partial charge in [0.05, 0.1) is 12.5 Å². The Morgan fingerprint density at radius 2 is 1.95 bits per heavy atom. The predicted octanol–water partition coefficient (Wildman–Crippen LogP) is 2.59. The van der Waals surface area contributed by atoms with Crippen LogP contribution in [-0.2, 0) is 14.3 Å². The summed E-state index contributed by atoms with van der Waals surface area (Å²) >= 11 is 0. The minimum absolute atomic E-state index is 0.0663. The number of hydrogen-bond acceptors (Lipinski definition) is 4. The van der Waals surface area contributed by atoms with Crippen LogP contribution in [0.3, 0.4) is 0 Å². The minimum atomic E-state index is -0.508. The predicted molar refractivity (Wildman–Crippen MR) is 74.2 cm³/mol. The highest BCUT2D eigenvalue weighted by Gasteiger charge is 2.55. The fraction of sp³-hybridized carbons (Fsp3) is 0.867. The summed E-state index contributed by atoms with van der Waals surface area (Å²) in [6.45, 7) is 8.79. The van der Waals surface area contributed by atoms with Crippen molar-refractivity contribution in [2.45, 2.75) is 52.6 Å². The first-order valence-corrected chi connectivity index (χ1v) is 7.42. The Bertz CT molecular complexity index is 395. The van der Waals surface area contributed by atoms with E-state index in [1.54, 1.807) is 4.90 Å². The molecule has 2 aliphatic rings. The van der Waals surface area contributed by atoms with Crippen LogP contribution in [0.1, 0.15) is 47.0 Å². The quantitative estimate of drug-likeness (QED) is 0.731. The molecule has 0 N–H and O–H groups in total. The van der Waals surface area contributed by atoms with Crippen molar-refractivity contribution in [3.8, 4) is 0 Å². The van der Waals surface area contributed by atoms with Gasteiger partial charge in [0, 0.05) is 18.5 Å². The Hall–Kier alpha value is -1.26. The Labute approximate surface area is 120 Å². The highest BCUT2D eigenvalue weighted by atomic mass is 16.6. The molecule has 0 aromatic carbocycles. The first kappa shape index (κ1) is 15.1. The number of carbonyl (C=O) groups is 2. The van der Waals surface area contributed by atoms with Crippen LogP contribution in [0.5, 0.6) is 0 Å². The summed E-state index contributed by atoms with van der Waals surface area (Å²) in [7, 11) is 0. The highest BCUT2D eigenvalue weighted by Crippen LogP contribution is 2.52. The normalized spacial score (nSPS) is 24.4. The lowest BCUT2D eigenvalue weighted by atomic mass is 9.63. The molecule has 1 saturated carbocycles. The Morgan fingerprint density at radius 3 is 2.40 bits per heavy atom. The molecule has 2 fully saturated rings. The van der Waals surface area contributed by atoms with Gasteiger partial charge in [-0.2, -0.15) is 0 Å². The third-order valence-electron chi connectivity index (χ3n) is 4.22. The first-order chi connectivity index (χ1) is 9.27. The molecule has 0 aromatic heterocycles. The lowest BCUT2D eigenvalue weighted by Gasteiger charge is -2.41. The minimum Gasteiger partial charge on any atom is -0.466 e.